The summed E-state index contributed by atoms with van der Waals surface area (Å²) in [7, 11) is 0. The highest BCUT2D eigenvalue weighted by molar-refractivity contribution is 6.04. The van der Waals surface area contributed by atoms with Crippen molar-refractivity contribution < 1.29 is 23.0 Å². The number of hydrogen-bond donors (Lipinski definition) is 1. The molecule has 0 unspecified atom stereocenters. The molecule has 0 saturated heterocycles. The Kier molecular flexibility index (Phi) is 4.70. The van der Waals surface area contributed by atoms with E-state index in [4.69, 9.17) is 9.47 Å². The molecule has 0 saturated carbocycles. The molecule has 2 aromatic carbocycles. The molecule has 1 amide bonds. The van der Waals surface area contributed by atoms with Gasteiger partial charge in [-0.2, -0.15) is 0 Å². The van der Waals surface area contributed by atoms with Crippen LogP contribution in [0.25, 0.3) is 6.08 Å². The number of amides is 1. The van der Waals surface area contributed by atoms with Gasteiger partial charge in [0.1, 0.15) is 13.2 Å². The number of carbonyl (C=O) groups excluding carboxylic acids is 1. The van der Waals surface area contributed by atoms with Crippen molar-refractivity contribution in [3.63, 3.8) is 0 Å². The maximum absolute atomic E-state index is 12.8. The van der Waals surface area contributed by atoms with Gasteiger partial charge < -0.3 is 14.8 Å². The zero-order valence-electron chi connectivity index (χ0n) is 13.6. The maximum atomic E-state index is 12.8. The third-order valence-corrected chi connectivity index (χ3v) is 3.54. The van der Waals surface area contributed by atoms with Crippen molar-refractivity contribution in [2.24, 2.45) is 0 Å². The van der Waals surface area contributed by atoms with Crippen molar-refractivity contribution in [1.29, 1.82) is 0 Å². The Morgan fingerprint density at radius 3 is 2.44 bits per heavy atom. The lowest BCUT2D eigenvalue weighted by atomic mass is 10.1. The first kappa shape index (κ1) is 17.0. The van der Waals surface area contributed by atoms with E-state index in [1.807, 2.05) is 0 Å². The van der Waals surface area contributed by atoms with Crippen LogP contribution in [0.15, 0.2) is 48.5 Å². The van der Waals surface area contributed by atoms with Crippen molar-refractivity contribution in [2.45, 2.75) is 12.8 Å². The molecule has 3 rings (SSSR count). The number of rotatable bonds is 4. The highest BCUT2D eigenvalue weighted by Gasteiger charge is 2.15. The molecule has 2 aromatic rings. The van der Waals surface area contributed by atoms with Crippen molar-refractivity contribution in [3.8, 4) is 11.5 Å². The van der Waals surface area contributed by atoms with E-state index in [2.05, 4.69) is 5.32 Å². The average molecular weight is 345 g/mol. The number of anilines is 1. The van der Waals surface area contributed by atoms with Crippen LogP contribution in [-0.2, 0) is 0 Å². The summed E-state index contributed by atoms with van der Waals surface area (Å²) in [6.45, 7) is 1.79. The fraction of sp³-hybridized carbons (Fsp3) is 0.211. The molecule has 0 fully saturated rings. The van der Waals surface area contributed by atoms with Crippen LogP contribution < -0.4 is 14.8 Å². The highest BCUT2D eigenvalue weighted by atomic mass is 19.3. The summed E-state index contributed by atoms with van der Waals surface area (Å²) in [6.07, 6.45) is 2.14. The van der Waals surface area contributed by atoms with Gasteiger partial charge in [-0.15, -0.1) is 0 Å². The predicted molar refractivity (Wildman–Crippen MR) is 91.5 cm³/mol. The number of halogens is 2. The molecule has 6 heteroatoms. The Morgan fingerprint density at radius 1 is 1.08 bits per heavy atom. The molecule has 1 N–H and O–H groups in total. The van der Waals surface area contributed by atoms with Gasteiger partial charge in [-0.1, -0.05) is 18.2 Å². The topological polar surface area (TPSA) is 47.6 Å². The Morgan fingerprint density at radius 2 is 1.76 bits per heavy atom. The Balaban J connectivity index is 1.68. The Hall–Kier alpha value is -2.89. The summed E-state index contributed by atoms with van der Waals surface area (Å²) < 4.78 is 36.5. The SMILES string of the molecule is CC(F)(F)/C=C/c1ccc(C(=O)Nc2ccc3c(c2)OCCO3)cc1. The molecule has 1 heterocycles. The van der Waals surface area contributed by atoms with Gasteiger partial charge in [-0.25, -0.2) is 8.78 Å². The summed E-state index contributed by atoms with van der Waals surface area (Å²) >= 11 is 0. The standard InChI is InChI=1S/C19H17F2NO3/c1-19(20,21)9-8-13-2-4-14(5-3-13)18(23)22-15-6-7-16-17(12-15)25-11-10-24-16/h2-9,12H,10-11H2,1H3,(H,22,23)/b9-8+. The summed E-state index contributed by atoms with van der Waals surface area (Å²) in [6, 6.07) is 11.6. The van der Waals surface area contributed by atoms with Crippen molar-refractivity contribution >= 4 is 17.7 Å². The average Bonchev–Trinajstić information content (AvgIpc) is 2.59. The fourth-order valence-electron chi connectivity index (χ4n) is 2.31. The van der Waals surface area contributed by atoms with Crippen molar-refractivity contribution in [2.75, 3.05) is 18.5 Å². The molecule has 0 atom stereocenters. The second-order valence-electron chi connectivity index (χ2n) is 5.72. The molecule has 0 bridgehead atoms. The number of carbonyl (C=O) groups is 1. The number of benzene rings is 2. The van der Waals surface area contributed by atoms with Crippen LogP contribution in [0.4, 0.5) is 14.5 Å². The second kappa shape index (κ2) is 6.93. The first-order valence-electron chi connectivity index (χ1n) is 7.79. The minimum Gasteiger partial charge on any atom is -0.486 e. The third kappa shape index (κ3) is 4.56. The van der Waals surface area contributed by atoms with Crippen LogP contribution >= 0.6 is 0 Å². The quantitative estimate of drug-likeness (QED) is 0.895. The van der Waals surface area contributed by atoms with Gasteiger partial charge in [-0.05, 0) is 35.9 Å². The number of nitrogens with one attached hydrogen (secondary N) is 1. The van der Waals surface area contributed by atoms with Gasteiger partial charge in [0, 0.05) is 24.2 Å². The maximum Gasteiger partial charge on any atom is 0.264 e. The molecular weight excluding hydrogens is 328 g/mol. The van der Waals surface area contributed by atoms with Crippen molar-refractivity contribution in [3.05, 3.63) is 59.7 Å². The smallest absolute Gasteiger partial charge is 0.264 e. The van der Waals surface area contributed by atoms with E-state index in [0.717, 1.165) is 13.0 Å². The largest absolute Gasteiger partial charge is 0.486 e. The molecule has 0 aromatic heterocycles. The van der Waals surface area contributed by atoms with E-state index >= 15 is 0 Å². The van der Waals surface area contributed by atoms with Crippen LogP contribution in [0.1, 0.15) is 22.8 Å². The molecule has 0 spiro atoms. The zero-order valence-corrected chi connectivity index (χ0v) is 13.6. The first-order valence-corrected chi connectivity index (χ1v) is 7.79. The lowest BCUT2D eigenvalue weighted by Crippen LogP contribution is -2.16. The third-order valence-electron chi connectivity index (χ3n) is 3.54. The van der Waals surface area contributed by atoms with Crippen LogP contribution in [0.5, 0.6) is 11.5 Å². The van der Waals surface area contributed by atoms with Gasteiger partial charge in [0.05, 0.1) is 0 Å². The van der Waals surface area contributed by atoms with E-state index in [1.165, 1.54) is 6.08 Å². The number of fused-ring (bicyclic) bond motifs is 1. The van der Waals surface area contributed by atoms with Gasteiger partial charge in [0.2, 0.25) is 0 Å². The number of hydrogen-bond acceptors (Lipinski definition) is 3. The monoisotopic (exact) mass is 345 g/mol. The van der Waals surface area contributed by atoms with Crippen LogP contribution in [0.2, 0.25) is 0 Å². The lowest BCUT2D eigenvalue weighted by molar-refractivity contribution is 0.0784. The predicted octanol–water partition coefficient (Wildman–Crippen LogP) is 4.38. The minimum atomic E-state index is -2.87. The summed E-state index contributed by atoms with van der Waals surface area (Å²) in [4.78, 5) is 12.3. The molecule has 130 valence electrons. The first-order chi connectivity index (χ1) is 11.9. The number of ether oxygens (including phenoxy) is 2. The van der Waals surface area contributed by atoms with Gasteiger partial charge in [0.25, 0.3) is 11.8 Å². The molecular formula is C19H17F2NO3. The number of alkyl halides is 2. The fourth-order valence-corrected chi connectivity index (χ4v) is 2.31. The molecule has 4 nitrogen and oxygen atoms in total. The van der Waals surface area contributed by atoms with Crippen molar-refractivity contribution in [1.82, 2.24) is 0 Å². The summed E-state index contributed by atoms with van der Waals surface area (Å²) in [5, 5.41) is 2.77. The Labute approximate surface area is 144 Å². The molecule has 25 heavy (non-hydrogen) atoms. The van der Waals surface area contributed by atoms with Crippen LogP contribution in [0, 0.1) is 0 Å². The normalized spacial score (nSPS) is 13.7. The molecule has 0 radical (unpaired) electrons. The number of allylic oxidation sites excluding steroid dienone is 1. The highest BCUT2D eigenvalue weighted by Crippen LogP contribution is 2.32. The van der Waals surface area contributed by atoms with E-state index < -0.39 is 5.92 Å². The molecule has 0 aliphatic carbocycles. The van der Waals surface area contributed by atoms with Crippen LogP contribution in [-0.4, -0.2) is 25.0 Å². The van der Waals surface area contributed by atoms with E-state index in [0.29, 0.717) is 41.5 Å². The van der Waals surface area contributed by atoms with Crippen LogP contribution in [0.3, 0.4) is 0 Å². The van der Waals surface area contributed by atoms with E-state index in [9.17, 15) is 13.6 Å². The van der Waals surface area contributed by atoms with Gasteiger partial charge in [0.15, 0.2) is 11.5 Å². The second-order valence-corrected chi connectivity index (χ2v) is 5.72. The molecule has 1 aliphatic heterocycles. The molecule has 1 aliphatic rings. The Bertz CT molecular complexity index is 795. The van der Waals surface area contributed by atoms with Gasteiger partial charge >= 0.3 is 0 Å². The zero-order chi connectivity index (χ0) is 17.9. The minimum absolute atomic E-state index is 0.298. The summed E-state index contributed by atoms with van der Waals surface area (Å²) in [5.74, 6) is -1.93. The lowest BCUT2D eigenvalue weighted by Gasteiger charge is -2.19. The van der Waals surface area contributed by atoms with E-state index in [-0.39, 0.29) is 5.91 Å². The van der Waals surface area contributed by atoms with Gasteiger partial charge in [-0.3, -0.25) is 4.79 Å². The van der Waals surface area contributed by atoms with E-state index in [1.54, 1.807) is 42.5 Å². The summed E-state index contributed by atoms with van der Waals surface area (Å²) in [5.41, 5.74) is 1.61.